The normalized spacial score (nSPS) is 15.3. The maximum absolute atomic E-state index is 11.7. The molecule has 0 bridgehead atoms. The van der Waals surface area contributed by atoms with Crippen LogP contribution in [0.3, 0.4) is 0 Å². The van der Waals surface area contributed by atoms with Crippen molar-refractivity contribution in [2.24, 2.45) is 5.92 Å². The molecule has 0 aromatic carbocycles. The molecule has 0 fully saturated rings. The Balaban J connectivity index is 5.95. The zero-order valence-corrected chi connectivity index (χ0v) is 16.7. The molecule has 156 valence electrons. The fraction of sp³-hybridized carbons (Fsp3) is 0.765. The molecule has 0 amide bonds. The number of hydrogen-bond donors (Lipinski definition) is 0. The number of methoxy groups -OCH3 is 2. The van der Waals surface area contributed by atoms with E-state index in [1.165, 1.54) is 28.1 Å². The van der Waals surface area contributed by atoms with Crippen LogP contribution in [-0.4, -0.2) is 69.3 Å². The number of ether oxygens (including phenoxy) is 6. The Morgan fingerprint density at radius 1 is 0.667 bits per heavy atom. The van der Waals surface area contributed by atoms with Gasteiger partial charge in [-0.15, -0.1) is 0 Å². The third-order valence-corrected chi connectivity index (χ3v) is 3.40. The molecule has 0 saturated heterocycles. The fourth-order valence-electron chi connectivity index (χ4n) is 2.39. The average Bonchev–Trinajstić information content (AvgIpc) is 2.55. The Morgan fingerprint density at radius 2 is 1.07 bits per heavy atom. The van der Waals surface area contributed by atoms with Gasteiger partial charge in [-0.3, -0.25) is 19.2 Å². The second-order valence-electron chi connectivity index (χ2n) is 5.84. The summed E-state index contributed by atoms with van der Waals surface area (Å²) in [5, 5.41) is 0. The van der Waals surface area contributed by atoms with Gasteiger partial charge in [0.2, 0.25) is 0 Å². The van der Waals surface area contributed by atoms with Crippen molar-refractivity contribution in [1.29, 1.82) is 0 Å². The van der Waals surface area contributed by atoms with Gasteiger partial charge in [-0.05, 0) is 0 Å². The molecule has 0 N–H and O–H groups in total. The number of rotatable bonds is 11. The summed E-state index contributed by atoms with van der Waals surface area (Å²) >= 11 is 0. The van der Waals surface area contributed by atoms with Crippen LogP contribution < -0.4 is 0 Å². The van der Waals surface area contributed by atoms with Crippen molar-refractivity contribution in [2.75, 3.05) is 20.8 Å². The summed E-state index contributed by atoms with van der Waals surface area (Å²) in [6, 6.07) is 0. The molecular weight excluding hydrogens is 364 g/mol. The van der Waals surface area contributed by atoms with Crippen LogP contribution in [0.2, 0.25) is 0 Å². The molecule has 27 heavy (non-hydrogen) atoms. The zero-order valence-electron chi connectivity index (χ0n) is 16.7. The lowest BCUT2D eigenvalue weighted by molar-refractivity contribution is -0.233. The predicted octanol–water partition coefficient (Wildman–Crippen LogP) is 0.600. The molecule has 0 aliphatic heterocycles. The summed E-state index contributed by atoms with van der Waals surface area (Å²) in [7, 11) is 2.61. The van der Waals surface area contributed by atoms with Gasteiger partial charge in [0.1, 0.15) is 6.10 Å². The molecule has 10 heteroatoms. The molecule has 4 atom stereocenters. The largest absolute Gasteiger partial charge is 0.465 e. The first-order chi connectivity index (χ1) is 12.5. The highest BCUT2D eigenvalue weighted by molar-refractivity contribution is 5.68. The Hall–Kier alpha value is -2.20. The minimum atomic E-state index is -1.27. The van der Waals surface area contributed by atoms with Crippen molar-refractivity contribution in [3.8, 4) is 0 Å². The third kappa shape index (κ3) is 9.34. The van der Waals surface area contributed by atoms with Gasteiger partial charge < -0.3 is 28.4 Å². The minimum Gasteiger partial charge on any atom is -0.465 e. The van der Waals surface area contributed by atoms with E-state index in [4.69, 9.17) is 28.4 Å². The highest BCUT2D eigenvalue weighted by Crippen LogP contribution is 2.24. The van der Waals surface area contributed by atoms with E-state index in [1.54, 1.807) is 6.92 Å². The fourth-order valence-corrected chi connectivity index (χ4v) is 2.39. The summed E-state index contributed by atoms with van der Waals surface area (Å²) in [5.41, 5.74) is 0. The molecule has 0 aliphatic carbocycles. The first kappa shape index (κ1) is 24.8. The standard InChI is InChI=1S/C17H28O10/c1-9(8-24-10(2)18)14(25-11(3)19)15(26-12(4)20)16(27-13(5)21)17(22-6)23-7/h9,14-17H,8H2,1-7H3. The molecule has 0 aromatic rings. The monoisotopic (exact) mass is 392 g/mol. The molecule has 4 unspecified atom stereocenters. The highest BCUT2D eigenvalue weighted by atomic mass is 16.7. The first-order valence-corrected chi connectivity index (χ1v) is 8.24. The lowest BCUT2D eigenvalue weighted by Gasteiger charge is -2.36. The van der Waals surface area contributed by atoms with E-state index < -0.39 is 54.4 Å². The van der Waals surface area contributed by atoms with Gasteiger partial charge in [0.15, 0.2) is 18.5 Å². The molecule has 0 saturated carbocycles. The first-order valence-electron chi connectivity index (χ1n) is 8.24. The smallest absolute Gasteiger partial charge is 0.303 e. The number of carbonyl (C=O) groups excluding carboxylic acids is 4. The Morgan fingerprint density at radius 3 is 1.44 bits per heavy atom. The molecule has 0 heterocycles. The maximum Gasteiger partial charge on any atom is 0.303 e. The molecule has 10 nitrogen and oxygen atoms in total. The maximum atomic E-state index is 11.7. The van der Waals surface area contributed by atoms with Gasteiger partial charge in [0, 0.05) is 47.8 Å². The van der Waals surface area contributed by atoms with E-state index in [0.717, 1.165) is 13.8 Å². The summed E-state index contributed by atoms with van der Waals surface area (Å²) in [6.45, 7) is 6.19. The lowest BCUT2D eigenvalue weighted by atomic mass is 9.95. The highest BCUT2D eigenvalue weighted by Gasteiger charge is 2.44. The van der Waals surface area contributed by atoms with Crippen LogP contribution in [0.1, 0.15) is 34.6 Å². The van der Waals surface area contributed by atoms with Crippen LogP contribution in [0.25, 0.3) is 0 Å². The molecule has 0 rings (SSSR count). The predicted molar refractivity (Wildman–Crippen MR) is 90.3 cm³/mol. The second kappa shape index (κ2) is 12.2. The quantitative estimate of drug-likeness (QED) is 0.280. The molecule has 0 spiro atoms. The van der Waals surface area contributed by atoms with Crippen LogP contribution in [0.5, 0.6) is 0 Å². The van der Waals surface area contributed by atoms with E-state index in [9.17, 15) is 19.2 Å². The number of esters is 4. The van der Waals surface area contributed by atoms with Gasteiger partial charge in [0.05, 0.1) is 6.61 Å². The third-order valence-electron chi connectivity index (χ3n) is 3.40. The topological polar surface area (TPSA) is 124 Å². The van der Waals surface area contributed by atoms with Gasteiger partial charge in [-0.1, -0.05) is 6.92 Å². The Labute approximate surface area is 158 Å². The number of hydrogen-bond acceptors (Lipinski definition) is 10. The summed E-state index contributed by atoms with van der Waals surface area (Å²) < 4.78 is 31.1. The van der Waals surface area contributed by atoms with Crippen LogP contribution in [-0.2, 0) is 47.6 Å². The van der Waals surface area contributed by atoms with E-state index in [2.05, 4.69) is 0 Å². The summed E-state index contributed by atoms with van der Waals surface area (Å²) in [4.78, 5) is 45.9. The van der Waals surface area contributed by atoms with Crippen LogP contribution in [0.15, 0.2) is 0 Å². The molecule has 0 aliphatic rings. The van der Waals surface area contributed by atoms with E-state index in [1.807, 2.05) is 0 Å². The van der Waals surface area contributed by atoms with Crippen molar-refractivity contribution < 1.29 is 47.6 Å². The second-order valence-corrected chi connectivity index (χ2v) is 5.84. The molecule has 0 radical (unpaired) electrons. The van der Waals surface area contributed by atoms with Crippen molar-refractivity contribution in [3.63, 3.8) is 0 Å². The minimum absolute atomic E-state index is 0.123. The molecular formula is C17H28O10. The molecule has 0 aromatic heterocycles. The van der Waals surface area contributed by atoms with Crippen molar-refractivity contribution in [1.82, 2.24) is 0 Å². The van der Waals surface area contributed by atoms with Crippen LogP contribution >= 0.6 is 0 Å². The average molecular weight is 392 g/mol. The van der Waals surface area contributed by atoms with Crippen molar-refractivity contribution in [3.05, 3.63) is 0 Å². The van der Waals surface area contributed by atoms with E-state index >= 15 is 0 Å². The van der Waals surface area contributed by atoms with E-state index in [0.29, 0.717) is 0 Å². The van der Waals surface area contributed by atoms with Crippen molar-refractivity contribution >= 4 is 23.9 Å². The summed E-state index contributed by atoms with van der Waals surface area (Å²) in [5.74, 6) is -3.20. The summed E-state index contributed by atoms with van der Waals surface area (Å²) in [6.07, 6.45) is -4.74. The van der Waals surface area contributed by atoms with Gasteiger partial charge in [-0.2, -0.15) is 0 Å². The van der Waals surface area contributed by atoms with E-state index in [-0.39, 0.29) is 6.61 Å². The SMILES string of the molecule is COC(OC)C(OC(C)=O)C(OC(C)=O)C(OC(C)=O)C(C)COC(C)=O. The zero-order chi connectivity index (χ0) is 21.1. The van der Waals surface area contributed by atoms with Crippen LogP contribution in [0.4, 0.5) is 0 Å². The van der Waals surface area contributed by atoms with Crippen molar-refractivity contribution in [2.45, 2.75) is 59.2 Å². The lowest BCUT2D eigenvalue weighted by Crippen LogP contribution is -2.54. The van der Waals surface area contributed by atoms with Gasteiger partial charge in [-0.25, -0.2) is 0 Å². The van der Waals surface area contributed by atoms with Crippen LogP contribution in [0, 0.1) is 5.92 Å². The Bertz CT molecular complexity index is 514. The number of carbonyl (C=O) groups is 4. The Kier molecular flexibility index (Phi) is 11.2. The van der Waals surface area contributed by atoms with Gasteiger partial charge >= 0.3 is 23.9 Å². The van der Waals surface area contributed by atoms with Gasteiger partial charge in [0.25, 0.3) is 0 Å².